The Bertz CT molecular complexity index is 459. The minimum Gasteiger partial charge on any atom is -0.465 e. The highest BCUT2D eigenvalue weighted by Crippen LogP contribution is 2.03. The summed E-state index contributed by atoms with van der Waals surface area (Å²) in [6.07, 6.45) is 1.18. The number of amides is 1. The summed E-state index contributed by atoms with van der Waals surface area (Å²) >= 11 is 0. The molecule has 1 rings (SSSR count). The van der Waals surface area contributed by atoms with Gasteiger partial charge in [-0.2, -0.15) is 0 Å². The number of oxime groups is 1. The van der Waals surface area contributed by atoms with E-state index in [1.165, 1.54) is 12.1 Å². The highest BCUT2D eigenvalue weighted by atomic mass is 19.1. The molecule has 0 radical (unpaired) electrons. The third-order valence-corrected chi connectivity index (χ3v) is 2.10. The average Bonchev–Trinajstić information content (AvgIpc) is 2.35. The Morgan fingerprint density at radius 2 is 2.33 bits per heavy atom. The van der Waals surface area contributed by atoms with Gasteiger partial charge >= 0.3 is 6.09 Å². The Morgan fingerprint density at radius 1 is 1.61 bits per heavy atom. The summed E-state index contributed by atoms with van der Waals surface area (Å²) in [6, 6.07) is 2.45. The Kier molecular flexibility index (Phi) is 4.79. The van der Waals surface area contributed by atoms with E-state index in [1.54, 1.807) is 0 Å². The smallest absolute Gasteiger partial charge is 0.407 e. The molecule has 0 aliphatic heterocycles. The fraction of sp³-hybridized carbons (Fsp3) is 0.182. The molecular formula is C11H12FN3O3. The predicted molar refractivity (Wildman–Crippen MR) is 62.3 cm³/mol. The maximum atomic E-state index is 12.7. The number of carboxylic acid groups (broad SMARTS) is 1. The van der Waals surface area contributed by atoms with Gasteiger partial charge in [0.15, 0.2) is 0 Å². The molecule has 1 heterocycles. The van der Waals surface area contributed by atoms with E-state index >= 15 is 0 Å². The molecule has 0 unspecified atom stereocenters. The van der Waals surface area contributed by atoms with Gasteiger partial charge in [0.05, 0.1) is 18.4 Å². The molecule has 0 bridgehead atoms. The van der Waals surface area contributed by atoms with Gasteiger partial charge in [-0.1, -0.05) is 11.2 Å². The molecule has 0 spiro atoms. The molecule has 0 saturated heterocycles. The Hall–Kier alpha value is -2.44. The first-order chi connectivity index (χ1) is 8.58. The van der Waals surface area contributed by atoms with Crippen LogP contribution in [0.25, 0.3) is 0 Å². The van der Waals surface area contributed by atoms with Crippen molar-refractivity contribution in [1.82, 2.24) is 9.88 Å². The summed E-state index contributed by atoms with van der Waals surface area (Å²) < 4.78 is 12.7. The summed E-state index contributed by atoms with van der Waals surface area (Å²) in [5.74, 6) is -0.530. The summed E-state index contributed by atoms with van der Waals surface area (Å²) in [6.45, 7) is 3.34. The molecule has 1 amide bonds. The second-order valence-electron chi connectivity index (χ2n) is 3.36. The molecule has 18 heavy (non-hydrogen) atoms. The van der Waals surface area contributed by atoms with Crippen LogP contribution in [-0.4, -0.2) is 45.1 Å². The quantitative estimate of drug-likeness (QED) is 0.361. The summed E-state index contributed by atoms with van der Waals surface area (Å²) in [7, 11) is 0. The van der Waals surface area contributed by atoms with Crippen molar-refractivity contribution in [3.63, 3.8) is 0 Å². The van der Waals surface area contributed by atoms with Crippen molar-refractivity contribution in [2.24, 2.45) is 5.16 Å². The zero-order valence-corrected chi connectivity index (χ0v) is 9.45. The van der Waals surface area contributed by atoms with Crippen LogP contribution in [0, 0.1) is 5.82 Å². The molecule has 0 fully saturated rings. The van der Waals surface area contributed by atoms with E-state index in [0.717, 1.165) is 17.2 Å². The molecule has 0 aromatic carbocycles. The minimum atomic E-state index is -1.18. The van der Waals surface area contributed by atoms with Gasteiger partial charge in [-0.15, -0.1) is 6.58 Å². The highest BCUT2D eigenvalue weighted by Gasteiger charge is 2.16. The summed E-state index contributed by atoms with van der Waals surface area (Å²) in [5, 5.41) is 20.7. The zero-order chi connectivity index (χ0) is 13.5. The lowest BCUT2D eigenvalue weighted by molar-refractivity contribution is 0.156. The van der Waals surface area contributed by atoms with Gasteiger partial charge in [-0.25, -0.2) is 9.18 Å². The van der Waals surface area contributed by atoms with Gasteiger partial charge in [0.1, 0.15) is 11.5 Å². The van der Waals surface area contributed by atoms with Crippen LogP contribution in [0.2, 0.25) is 0 Å². The van der Waals surface area contributed by atoms with Crippen molar-refractivity contribution in [2.45, 2.75) is 0 Å². The second-order valence-corrected chi connectivity index (χ2v) is 3.36. The molecule has 0 saturated carbocycles. The minimum absolute atomic E-state index is 0.0271. The Balaban J connectivity index is 2.87. The second kappa shape index (κ2) is 6.33. The molecule has 0 aliphatic rings. The van der Waals surface area contributed by atoms with Gasteiger partial charge in [-0.05, 0) is 12.1 Å². The van der Waals surface area contributed by atoms with Crippen LogP contribution in [-0.2, 0) is 0 Å². The van der Waals surface area contributed by atoms with Gasteiger partial charge in [0.25, 0.3) is 0 Å². The first-order valence-corrected chi connectivity index (χ1v) is 5.00. The van der Waals surface area contributed by atoms with Crippen LogP contribution in [0.4, 0.5) is 9.18 Å². The first kappa shape index (κ1) is 13.6. The lowest BCUT2D eigenvalue weighted by Gasteiger charge is -2.17. The first-order valence-electron chi connectivity index (χ1n) is 5.00. The molecule has 1 aromatic rings. The number of carbonyl (C=O) groups is 1. The van der Waals surface area contributed by atoms with Crippen LogP contribution in [0.1, 0.15) is 5.69 Å². The maximum absolute atomic E-state index is 12.7. The normalized spacial score (nSPS) is 11.1. The number of pyridine rings is 1. The number of nitrogens with zero attached hydrogens (tertiary/aromatic N) is 3. The number of aromatic nitrogens is 1. The van der Waals surface area contributed by atoms with Gasteiger partial charge < -0.3 is 10.3 Å². The maximum Gasteiger partial charge on any atom is 0.407 e. The lowest BCUT2D eigenvalue weighted by atomic mass is 10.2. The van der Waals surface area contributed by atoms with E-state index in [0.29, 0.717) is 0 Å². The van der Waals surface area contributed by atoms with Crippen molar-refractivity contribution in [3.8, 4) is 0 Å². The summed E-state index contributed by atoms with van der Waals surface area (Å²) in [5.41, 5.74) is 0.230. The average molecular weight is 253 g/mol. The van der Waals surface area contributed by atoms with Crippen molar-refractivity contribution in [2.75, 3.05) is 13.1 Å². The lowest BCUT2D eigenvalue weighted by Crippen LogP contribution is -2.35. The molecule has 2 N–H and O–H groups in total. The van der Waals surface area contributed by atoms with E-state index in [4.69, 9.17) is 10.3 Å². The van der Waals surface area contributed by atoms with E-state index in [1.807, 2.05) is 0 Å². The number of halogens is 1. The molecular weight excluding hydrogens is 241 g/mol. The van der Waals surface area contributed by atoms with E-state index < -0.39 is 11.9 Å². The Labute approximate surface area is 103 Å². The number of hydrogen-bond donors (Lipinski definition) is 2. The zero-order valence-electron chi connectivity index (χ0n) is 9.45. The van der Waals surface area contributed by atoms with Crippen molar-refractivity contribution in [1.29, 1.82) is 0 Å². The monoisotopic (exact) mass is 253 g/mol. The fourth-order valence-electron chi connectivity index (χ4n) is 1.26. The molecule has 1 aromatic heterocycles. The van der Waals surface area contributed by atoms with Crippen molar-refractivity contribution in [3.05, 3.63) is 42.5 Å². The highest BCUT2D eigenvalue weighted by molar-refractivity contribution is 6.01. The topological polar surface area (TPSA) is 86.0 Å². The van der Waals surface area contributed by atoms with E-state index in [2.05, 4.69) is 16.7 Å². The van der Waals surface area contributed by atoms with Crippen LogP contribution < -0.4 is 0 Å². The van der Waals surface area contributed by atoms with Gasteiger partial charge in [0, 0.05) is 6.54 Å². The predicted octanol–water partition coefficient (Wildman–Crippen LogP) is 1.56. The summed E-state index contributed by atoms with van der Waals surface area (Å²) in [4.78, 5) is 15.6. The largest absolute Gasteiger partial charge is 0.465 e. The van der Waals surface area contributed by atoms with Crippen LogP contribution in [0.15, 0.2) is 36.1 Å². The van der Waals surface area contributed by atoms with Crippen molar-refractivity contribution < 1.29 is 19.5 Å². The van der Waals surface area contributed by atoms with Gasteiger partial charge in [-0.3, -0.25) is 9.88 Å². The molecule has 0 atom stereocenters. The van der Waals surface area contributed by atoms with Crippen LogP contribution >= 0.6 is 0 Å². The molecule has 0 aliphatic carbocycles. The Morgan fingerprint density at radius 3 is 2.78 bits per heavy atom. The molecule has 6 nitrogen and oxygen atoms in total. The third kappa shape index (κ3) is 3.55. The van der Waals surface area contributed by atoms with E-state index in [-0.39, 0.29) is 24.5 Å². The standard InChI is InChI=1S/C11H12FN3O3/c1-2-5-15(11(16)17)7-10(14-18)9-4-3-8(12)6-13-9/h2-4,6,18H,1,5,7H2,(H,16,17)/b14-10+. The number of rotatable bonds is 5. The number of hydrogen-bond acceptors (Lipinski definition) is 4. The van der Waals surface area contributed by atoms with Crippen LogP contribution in [0.5, 0.6) is 0 Å². The third-order valence-electron chi connectivity index (χ3n) is 2.10. The fourth-order valence-corrected chi connectivity index (χ4v) is 1.26. The van der Waals surface area contributed by atoms with Crippen molar-refractivity contribution >= 4 is 11.8 Å². The van der Waals surface area contributed by atoms with E-state index in [9.17, 15) is 9.18 Å². The molecule has 7 heteroatoms. The van der Waals surface area contributed by atoms with Crippen LogP contribution in [0.3, 0.4) is 0 Å². The SMILES string of the molecule is C=CCN(C/C(=N\O)c1ccc(F)cn1)C(=O)O. The van der Waals surface area contributed by atoms with Gasteiger partial charge in [0.2, 0.25) is 0 Å². The molecule has 96 valence electrons.